The first-order valence-electron chi connectivity index (χ1n) is 7.67. The minimum Gasteiger partial charge on any atom is -0.340 e. The Bertz CT molecular complexity index is 233. The quantitative estimate of drug-likeness (QED) is 0.708. The molecule has 2 unspecified atom stereocenters. The number of rotatable bonds is 7. The highest BCUT2D eigenvalue weighted by Crippen LogP contribution is 2.11. The topological polar surface area (TPSA) is 32.3 Å². The Hall–Kier alpha value is -0.570. The molecule has 1 fully saturated rings. The summed E-state index contributed by atoms with van der Waals surface area (Å²) in [5.41, 5.74) is 0. The van der Waals surface area contributed by atoms with Crippen LogP contribution in [0.3, 0.4) is 0 Å². The third-order valence-corrected chi connectivity index (χ3v) is 3.65. The van der Waals surface area contributed by atoms with E-state index in [1.165, 1.54) is 32.1 Å². The van der Waals surface area contributed by atoms with E-state index in [1.807, 2.05) is 4.90 Å². The minimum absolute atomic E-state index is 0.352. The molecule has 2 atom stereocenters. The number of nitrogens with zero attached hydrogens (tertiary/aromatic N) is 1. The van der Waals surface area contributed by atoms with Crippen molar-refractivity contribution in [2.24, 2.45) is 0 Å². The maximum absolute atomic E-state index is 12.1. The van der Waals surface area contributed by atoms with Crippen molar-refractivity contribution in [3.05, 3.63) is 0 Å². The Morgan fingerprint density at radius 2 is 1.61 bits per heavy atom. The van der Waals surface area contributed by atoms with E-state index in [0.717, 1.165) is 25.9 Å². The molecular formula is C15H30N2O. The van der Waals surface area contributed by atoms with Crippen molar-refractivity contribution in [3.8, 4) is 0 Å². The van der Waals surface area contributed by atoms with Crippen LogP contribution in [0.25, 0.3) is 0 Å². The van der Waals surface area contributed by atoms with Crippen LogP contribution in [0.15, 0.2) is 0 Å². The molecule has 0 aromatic rings. The number of hydrogen-bond acceptors (Lipinski definition) is 2. The summed E-state index contributed by atoms with van der Waals surface area (Å²) in [6.07, 6.45) is 8.25. The zero-order valence-electron chi connectivity index (χ0n) is 12.4. The summed E-state index contributed by atoms with van der Waals surface area (Å²) in [7, 11) is 0. The molecule has 0 spiro atoms. The normalized spacial score (nSPS) is 24.3. The maximum atomic E-state index is 12.1. The Morgan fingerprint density at radius 3 is 2.22 bits per heavy atom. The predicted octanol–water partition coefficient (Wildman–Crippen LogP) is 2.95. The fourth-order valence-electron chi connectivity index (χ4n) is 2.75. The lowest BCUT2D eigenvalue weighted by Gasteiger charge is -2.36. The monoisotopic (exact) mass is 254 g/mol. The van der Waals surface area contributed by atoms with Crippen molar-refractivity contribution in [3.63, 3.8) is 0 Å². The summed E-state index contributed by atoms with van der Waals surface area (Å²) in [6, 6.07) is 0.865. The van der Waals surface area contributed by atoms with Crippen LogP contribution in [0.2, 0.25) is 0 Å². The van der Waals surface area contributed by atoms with Crippen molar-refractivity contribution < 1.29 is 4.79 Å². The third-order valence-electron chi connectivity index (χ3n) is 3.65. The van der Waals surface area contributed by atoms with Crippen LogP contribution in [-0.4, -0.2) is 36.0 Å². The van der Waals surface area contributed by atoms with Crippen LogP contribution in [0, 0.1) is 0 Å². The van der Waals surface area contributed by atoms with Gasteiger partial charge in [0.15, 0.2) is 0 Å². The van der Waals surface area contributed by atoms with Gasteiger partial charge in [-0.15, -0.1) is 0 Å². The molecule has 0 radical (unpaired) electrons. The molecule has 3 nitrogen and oxygen atoms in total. The van der Waals surface area contributed by atoms with Gasteiger partial charge in [0.1, 0.15) is 0 Å². The zero-order chi connectivity index (χ0) is 13.4. The number of hydrogen-bond donors (Lipinski definition) is 1. The Balaban J connectivity index is 2.12. The van der Waals surface area contributed by atoms with Crippen molar-refractivity contribution in [2.75, 3.05) is 13.1 Å². The van der Waals surface area contributed by atoms with Gasteiger partial charge in [-0.2, -0.15) is 0 Å². The molecule has 18 heavy (non-hydrogen) atoms. The Morgan fingerprint density at radius 1 is 1.06 bits per heavy atom. The molecule has 1 saturated heterocycles. The average molecular weight is 254 g/mol. The van der Waals surface area contributed by atoms with Crippen LogP contribution in [-0.2, 0) is 4.79 Å². The first-order chi connectivity index (χ1) is 8.63. The first-order valence-corrected chi connectivity index (χ1v) is 7.67. The van der Waals surface area contributed by atoms with Crippen LogP contribution < -0.4 is 5.32 Å². The van der Waals surface area contributed by atoms with Crippen LogP contribution in [0.5, 0.6) is 0 Å². The van der Waals surface area contributed by atoms with Gasteiger partial charge in [-0.3, -0.25) is 4.79 Å². The number of unbranched alkanes of at least 4 members (excludes halogenated alkanes) is 5. The second-order valence-corrected chi connectivity index (χ2v) is 5.79. The Labute approximate surface area is 112 Å². The summed E-state index contributed by atoms with van der Waals surface area (Å²) >= 11 is 0. The molecule has 0 aliphatic carbocycles. The van der Waals surface area contributed by atoms with Crippen molar-refractivity contribution in [1.29, 1.82) is 0 Å². The molecule has 1 heterocycles. The van der Waals surface area contributed by atoms with E-state index in [1.54, 1.807) is 0 Å². The predicted molar refractivity (Wildman–Crippen MR) is 76.6 cm³/mol. The lowest BCUT2D eigenvalue weighted by Crippen LogP contribution is -2.55. The number of carbonyl (C=O) groups excluding carboxylic acids is 1. The van der Waals surface area contributed by atoms with Crippen molar-refractivity contribution in [1.82, 2.24) is 10.2 Å². The Kier molecular flexibility index (Phi) is 7.33. The molecule has 1 N–H and O–H groups in total. The molecule has 0 saturated carbocycles. The van der Waals surface area contributed by atoms with E-state index in [2.05, 4.69) is 26.1 Å². The molecular weight excluding hydrogens is 224 g/mol. The third kappa shape index (κ3) is 5.85. The smallest absolute Gasteiger partial charge is 0.222 e. The fourth-order valence-corrected chi connectivity index (χ4v) is 2.75. The van der Waals surface area contributed by atoms with E-state index >= 15 is 0 Å². The maximum Gasteiger partial charge on any atom is 0.222 e. The number of carbonyl (C=O) groups is 1. The molecule has 0 aromatic heterocycles. The zero-order valence-corrected chi connectivity index (χ0v) is 12.4. The highest BCUT2D eigenvalue weighted by molar-refractivity contribution is 5.76. The van der Waals surface area contributed by atoms with Gasteiger partial charge in [0, 0.05) is 31.6 Å². The second kappa shape index (κ2) is 8.52. The number of piperazine rings is 1. The van der Waals surface area contributed by atoms with E-state index in [9.17, 15) is 4.79 Å². The summed E-state index contributed by atoms with van der Waals surface area (Å²) in [5.74, 6) is 0.352. The van der Waals surface area contributed by atoms with E-state index in [4.69, 9.17) is 0 Å². The van der Waals surface area contributed by atoms with Crippen LogP contribution in [0.4, 0.5) is 0 Å². The SMILES string of the molecule is CCCCCCCCC(=O)N1CC(C)NC(C)C1. The molecule has 106 valence electrons. The molecule has 1 amide bonds. The van der Waals surface area contributed by atoms with E-state index in [-0.39, 0.29) is 0 Å². The summed E-state index contributed by atoms with van der Waals surface area (Å²) in [6.45, 7) is 8.29. The molecule has 1 aliphatic heterocycles. The molecule has 3 heteroatoms. The van der Waals surface area contributed by atoms with E-state index < -0.39 is 0 Å². The summed E-state index contributed by atoms with van der Waals surface area (Å²) in [5, 5.41) is 3.46. The lowest BCUT2D eigenvalue weighted by molar-refractivity contribution is -0.133. The van der Waals surface area contributed by atoms with Crippen molar-refractivity contribution in [2.45, 2.75) is 77.8 Å². The minimum atomic E-state index is 0.352. The van der Waals surface area contributed by atoms with Gasteiger partial charge < -0.3 is 10.2 Å². The van der Waals surface area contributed by atoms with Crippen LogP contribution in [0.1, 0.15) is 65.7 Å². The van der Waals surface area contributed by atoms with Gasteiger partial charge in [0.2, 0.25) is 5.91 Å². The summed E-state index contributed by atoms with van der Waals surface area (Å²) < 4.78 is 0. The average Bonchev–Trinajstić information content (AvgIpc) is 2.32. The second-order valence-electron chi connectivity index (χ2n) is 5.79. The van der Waals surface area contributed by atoms with Gasteiger partial charge in [-0.1, -0.05) is 39.0 Å². The molecule has 0 bridgehead atoms. The standard InChI is InChI=1S/C15H30N2O/c1-4-5-6-7-8-9-10-15(18)17-11-13(2)16-14(3)12-17/h13-14,16H,4-12H2,1-3H3. The molecule has 0 aromatic carbocycles. The number of nitrogens with one attached hydrogen (secondary N) is 1. The highest BCUT2D eigenvalue weighted by Gasteiger charge is 2.23. The largest absolute Gasteiger partial charge is 0.340 e. The molecule has 1 aliphatic rings. The van der Waals surface area contributed by atoms with Gasteiger partial charge in [0.05, 0.1) is 0 Å². The number of amides is 1. The fraction of sp³-hybridized carbons (Fsp3) is 0.933. The highest BCUT2D eigenvalue weighted by atomic mass is 16.2. The summed E-state index contributed by atoms with van der Waals surface area (Å²) in [4.78, 5) is 14.1. The van der Waals surface area contributed by atoms with Gasteiger partial charge >= 0.3 is 0 Å². The lowest BCUT2D eigenvalue weighted by atomic mass is 10.1. The van der Waals surface area contributed by atoms with Gasteiger partial charge in [-0.25, -0.2) is 0 Å². The first kappa shape index (κ1) is 15.5. The van der Waals surface area contributed by atoms with Gasteiger partial charge in [-0.05, 0) is 20.3 Å². The van der Waals surface area contributed by atoms with Crippen LogP contribution >= 0.6 is 0 Å². The molecule has 1 rings (SSSR count). The van der Waals surface area contributed by atoms with Crippen molar-refractivity contribution >= 4 is 5.91 Å². The van der Waals surface area contributed by atoms with Gasteiger partial charge in [0.25, 0.3) is 0 Å². The van der Waals surface area contributed by atoms with E-state index in [0.29, 0.717) is 18.0 Å².